The molecule has 1 fully saturated rings. The molecule has 0 N–H and O–H groups in total. The fraction of sp³-hybridized carbons (Fsp3) is 0.435. The molecule has 0 radical (unpaired) electrons. The third-order valence-electron chi connectivity index (χ3n) is 6.05. The number of thiophene rings is 1. The molecule has 9 heteroatoms. The summed E-state index contributed by atoms with van der Waals surface area (Å²) in [6, 6.07) is 9.34. The second-order valence-corrected chi connectivity index (χ2v) is 9.13. The number of amides is 1. The van der Waals surface area contributed by atoms with E-state index in [4.69, 9.17) is 9.47 Å². The van der Waals surface area contributed by atoms with Crippen LogP contribution in [0, 0.1) is 0 Å². The molecule has 4 heterocycles. The minimum atomic E-state index is -0.0483. The van der Waals surface area contributed by atoms with Gasteiger partial charge in [-0.3, -0.25) is 19.1 Å². The van der Waals surface area contributed by atoms with Crippen LogP contribution in [0.1, 0.15) is 10.4 Å². The average molecular weight is 455 g/mol. The van der Waals surface area contributed by atoms with Crippen molar-refractivity contribution in [3.8, 4) is 5.75 Å². The number of ether oxygens (including phenoxy) is 2. The van der Waals surface area contributed by atoms with Crippen LogP contribution < -0.4 is 10.3 Å². The Morgan fingerprint density at radius 1 is 1.12 bits per heavy atom. The number of aromatic nitrogens is 2. The zero-order valence-corrected chi connectivity index (χ0v) is 18.7. The Balaban J connectivity index is 1.28. The number of para-hydroxylation sites is 1. The maximum atomic E-state index is 13.2. The summed E-state index contributed by atoms with van der Waals surface area (Å²) in [6.07, 6.45) is 2.32. The lowest BCUT2D eigenvalue weighted by atomic mass is 10.1. The molecule has 0 atom stereocenters. The molecule has 0 aliphatic carbocycles. The summed E-state index contributed by atoms with van der Waals surface area (Å²) in [5.41, 5.74) is 1.07. The highest BCUT2D eigenvalue weighted by Crippen LogP contribution is 2.32. The summed E-state index contributed by atoms with van der Waals surface area (Å²) in [5, 5.41) is 0.724. The monoisotopic (exact) mass is 454 g/mol. The van der Waals surface area contributed by atoms with E-state index in [0.717, 1.165) is 53.5 Å². The van der Waals surface area contributed by atoms with Crippen molar-refractivity contribution in [3.05, 3.63) is 57.5 Å². The number of hydrogen-bond acceptors (Lipinski definition) is 7. The second kappa shape index (κ2) is 9.40. The Labute approximate surface area is 190 Å². The van der Waals surface area contributed by atoms with Crippen molar-refractivity contribution in [1.29, 1.82) is 0 Å². The molecular formula is C23H26N4O4S. The summed E-state index contributed by atoms with van der Waals surface area (Å²) in [7, 11) is 0. The molecule has 5 rings (SSSR count). The minimum Gasteiger partial charge on any atom is -0.484 e. The van der Waals surface area contributed by atoms with Gasteiger partial charge in [0.25, 0.3) is 11.5 Å². The van der Waals surface area contributed by atoms with Gasteiger partial charge in [0.15, 0.2) is 6.61 Å². The maximum absolute atomic E-state index is 13.2. The van der Waals surface area contributed by atoms with E-state index in [0.29, 0.717) is 31.8 Å². The molecule has 8 nitrogen and oxygen atoms in total. The van der Waals surface area contributed by atoms with Crippen LogP contribution in [0.3, 0.4) is 0 Å². The van der Waals surface area contributed by atoms with Crippen molar-refractivity contribution in [3.63, 3.8) is 0 Å². The third-order valence-corrected chi connectivity index (χ3v) is 7.17. The van der Waals surface area contributed by atoms with Gasteiger partial charge in [0, 0.05) is 37.6 Å². The van der Waals surface area contributed by atoms with Crippen LogP contribution in [0.2, 0.25) is 0 Å². The lowest BCUT2D eigenvalue weighted by molar-refractivity contribution is -0.134. The molecule has 168 valence electrons. The van der Waals surface area contributed by atoms with Crippen molar-refractivity contribution in [2.24, 2.45) is 0 Å². The van der Waals surface area contributed by atoms with Gasteiger partial charge < -0.3 is 14.4 Å². The number of benzene rings is 1. The quantitative estimate of drug-likeness (QED) is 0.565. The van der Waals surface area contributed by atoms with Gasteiger partial charge in [-0.1, -0.05) is 18.2 Å². The molecule has 0 unspecified atom stereocenters. The van der Waals surface area contributed by atoms with E-state index >= 15 is 0 Å². The number of hydrogen-bond donors (Lipinski definition) is 0. The van der Waals surface area contributed by atoms with Crippen molar-refractivity contribution in [1.82, 2.24) is 19.4 Å². The zero-order valence-electron chi connectivity index (χ0n) is 17.9. The van der Waals surface area contributed by atoms with Crippen LogP contribution in [0.4, 0.5) is 0 Å². The lowest BCUT2D eigenvalue weighted by Crippen LogP contribution is -2.39. The Kier molecular flexibility index (Phi) is 6.20. The Bertz CT molecular complexity index is 1150. The molecule has 0 spiro atoms. The van der Waals surface area contributed by atoms with Gasteiger partial charge in [-0.2, -0.15) is 0 Å². The molecule has 2 aliphatic rings. The van der Waals surface area contributed by atoms with Crippen LogP contribution in [-0.4, -0.2) is 71.3 Å². The first kappa shape index (κ1) is 21.1. The highest BCUT2D eigenvalue weighted by molar-refractivity contribution is 7.18. The summed E-state index contributed by atoms with van der Waals surface area (Å²) >= 11 is 1.52. The number of carbonyl (C=O) groups is 1. The van der Waals surface area contributed by atoms with Crippen LogP contribution in [0.15, 0.2) is 41.5 Å². The molecule has 2 aromatic heterocycles. The Morgan fingerprint density at radius 2 is 1.94 bits per heavy atom. The van der Waals surface area contributed by atoms with Gasteiger partial charge in [-0.25, -0.2) is 4.98 Å². The lowest BCUT2D eigenvalue weighted by Gasteiger charge is -2.27. The molecule has 1 aromatic carbocycles. The van der Waals surface area contributed by atoms with E-state index in [9.17, 15) is 9.59 Å². The van der Waals surface area contributed by atoms with E-state index in [2.05, 4.69) is 9.88 Å². The predicted octanol–water partition coefficient (Wildman–Crippen LogP) is 1.75. The Morgan fingerprint density at radius 3 is 2.75 bits per heavy atom. The van der Waals surface area contributed by atoms with Crippen molar-refractivity contribution in [2.75, 3.05) is 46.0 Å². The molecule has 0 saturated carbocycles. The SMILES string of the molecule is O=C(COc1ccccc1)N1CCc2c(sc3ncn(CCN4CCOCC4)c(=O)c23)C1. The summed E-state index contributed by atoms with van der Waals surface area (Å²) in [5.74, 6) is 0.634. The molecule has 1 amide bonds. The standard InChI is InChI=1S/C23H26N4O4S/c28-20(15-31-17-4-2-1-3-5-17)26-7-6-18-19(14-26)32-22-21(18)23(29)27(16-24-22)9-8-25-10-12-30-13-11-25/h1-5,16H,6-15H2. The minimum absolute atomic E-state index is 0.0108. The number of morpholine rings is 1. The van der Waals surface area contributed by atoms with E-state index in [-0.39, 0.29) is 18.1 Å². The van der Waals surface area contributed by atoms with E-state index < -0.39 is 0 Å². The fourth-order valence-electron chi connectivity index (χ4n) is 4.22. The summed E-state index contributed by atoms with van der Waals surface area (Å²) in [6.45, 7) is 5.81. The van der Waals surface area contributed by atoms with Gasteiger partial charge in [0.1, 0.15) is 10.6 Å². The molecule has 2 aliphatic heterocycles. The number of rotatable bonds is 6. The van der Waals surface area contributed by atoms with Crippen molar-refractivity contribution >= 4 is 27.5 Å². The first-order valence-electron chi connectivity index (χ1n) is 10.9. The highest BCUT2D eigenvalue weighted by Gasteiger charge is 2.26. The van der Waals surface area contributed by atoms with E-state index in [1.54, 1.807) is 15.8 Å². The maximum Gasteiger partial charge on any atom is 0.262 e. The van der Waals surface area contributed by atoms with Gasteiger partial charge in [0.2, 0.25) is 0 Å². The van der Waals surface area contributed by atoms with Gasteiger partial charge in [-0.05, 0) is 24.1 Å². The number of carbonyl (C=O) groups excluding carboxylic acids is 1. The van der Waals surface area contributed by atoms with Crippen molar-refractivity contribution in [2.45, 2.75) is 19.5 Å². The smallest absolute Gasteiger partial charge is 0.262 e. The molecule has 0 bridgehead atoms. The predicted molar refractivity (Wildman–Crippen MR) is 122 cm³/mol. The number of fused-ring (bicyclic) bond motifs is 3. The van der Waals surface area contributed by atoms with Crippen LogP contribution in [-0.2, 0) is 29.0 Å². The first-order chi connectivity index (χ1) is 15.7. The second-order valence-electron chi connectivity index (χ2n) is 8.05. The van der Waals surface area contributed by atoms with Crippen LogP contribution in [0.5, 0.6) is 5.75 Å². The van der Waals surface area contributed by atoms with E-state index in [1.807, 2.05) is 30.3 Å². The first-order valence-corrected chi connectivity index (χ1v) is 11.8. The van der Waals surface area contributed by atoms with Gasteiger partial charge in [-0.15, -0.1) is 11.3 Å². The highest BCUT2D eigenvalue weighted by atomic mass is 32.1. The van der Waals surface area contributed by atoms with E-state index in [1.165, 1.54) is 11.3 Å². The van der Waals surface area contributed by atoms with Crippen LogP contribution >= 0.6 is 11.3 Å². The van der Waals surface area contributed by atoms with Crippen molar-refractivity contribution < 1.29 is 14.3 Å². The molecule has 3 aromatic rings. The molecular weight excluding hydrogens is 428 g/mol. The molecule has 32 heavy (non-hydrogen) atoms. The largest absolute Gasteiger partial charge is 0.484 e. The van der Waals surface area contributed by atoms with Gasteiger partial charge >= 0.3 is 0 Å². The third kappa shape index (κ3) is 4.41. The van der Waals surface area contributed by atoms with Crippen LogP contribution in [0.25, 0.3) is 10.2 Å². The topological polar surface area (TPSA) is 76.9 Å². The zero-order chi connectivity index (χ0) is 21.9. The Hall–Kier alpha value is -2.75. The number of nitrogens with zero attached hydrogens (tertiary/aromatic N) is 4. The summed E-state index contributed by atoms with van der Waals surface area (Å²) in [4.78, 5) is 36.4. The normalized spacial score (nSPS) is 16.8. The average Bonchev–Trinajstić information content (AvgIpc) is 3.22. The fourth-order valence-corrected chi connectivity index (χ4v) is 5.41. The summed E-state index contributed by atoms with van der Waals surface area (Å²) < 4.78 is 12.7. The van der Waals surface area contributed by atoms with Gasteiger partial charge in [0.05, 0.1) is 31.5 Å². The molecule has 1 saturated heterocycles.